The second-order valence-corrected chi connectivity index (χ2v) is 8.09. The number of nitrogens with zero attached hydrogens (tertiary/aromatic N) is 1. The second-order valence-electron chi connectivity index (χ2n) is 8.09. The van der Waals surface area contributed by atoms with Crippen molar-refractivity contribution in [1.82, 2.24) is 4.57 Å². The van der Waals surface area contributed by atoms with Crippen LogP contribution in [0.4, 0.5) is 0 Å². The van der Waals surface area contributed by atoms with E-state index >= 15 is 0 Å². The van der Waals surface area contributed by atoms with Crippen LogP contribution in [-0.4, -0.2) is 28.8 Å². The largest absolute Gasteiger partial charge is 0.513 e. The highest BCUT2D eigenvalue weighted by Gasteiger charge is 2.53. The lowest BCUT2D eigenvalue weighted by atomic mass is 9.80. The van der Waals surface area contributed by atoms with E-state index < -0.39 is 23.7 Å². The Labute approximate surface area is 134 Å². The molecule has 0 radical (unpaired) electrons. The molecule has 2 heterocycles. The summed E-state index contributed by atoms with van der Waals surface area (Å²) in [4.78, 5) is 12.7. The predicted molar refractivity (Wildman–Crippen MR) is 89.6 cm³/mol. The third-order valence-corrected chi connectivity index (χ3v) is 4.73. The first-order valence-electron chi connectivity index (χ1n) is 8.01. The van der Waals surface area contributed by atoms with Crippen molar-refractivity contribution in [1.29, 1.82) is 0 Å². The van der Waals surface area contributed by atoms with E-state index in [2.05, 4.69) is 6.92 Å². The van der Waals surface area contributed by atoms with Crippen molar-refractivity contribution < 1.29 is 14.1 Å². The number of aromatic nitrogens is 1. The Balaban J connectivity index is 2.48. The minimum Gasteiger partial charge on any atom is -0.398 e. The highest BCUT2D eigenvalue weighted by Crippen LogP contribution is 2.37. The fraction of sp³-hybridized carbons (Fsp3) is 0.706. The molecule has 0 atom stereocenters. The quantitative estimate of drug-likeness (QED) is 0.789. The third kappa shape index (κ3) is 2.76. The van der Waals surface area contributed by atoms with Gasteiger partial charge in [0, 0.05) is 11.6 Å². The van der Waals surface area contributed by atoms with Crippen LogP contribution in [0.2, 0.25) is 0 Å². The molecule has 1 saturated heterocycles. The molecule has 122 valence electrons. The maximum atomic E-state index is 12.7. The topological polar surface area (TPSA) is 40.5 Å². The van der Waals surface area contributed by atoms with Gasteiger partial charge in [-0.2, -0.15) is 0 Å². The van der Waals surface area contributed by atoms with Crippen LogP contribution < -0.4 is 5.59 Å². The van der Waals surface area contributed by atoms with E-state index in [1.54, 1.807) is 4.57 Å². The molecule has 0 unspecified atom stereocenters. The van der Waals surface area contributed by atoms with Gasteiger partial charge in [0.05, 0.1) is 16.8 Å². The smallest absolute Gasteiger partial charge is 0.398 e. The summed E-state index contributed by atoms with van der Waals surface area (Å²) in [6.45, 7) is 16.0. The molecule has 1 aliphatic heterocycles. The zero-order chi connectivity index (χ0) is 16.9. The van der Waals surface area contributed by atoms with Gasteiger partial charge in [-0.15, -0.1) is 0 Å². The molecule has 0 spiro atoms. The lowest BCUT2D eigenvalue weighted by molar-refractivity contribution is 0.00578. The molecule has 0 aromatic carbocycles. The molecular weight excluding hydrogens is 277 g/mol. The number of rotatable bonds is 2. The molecule has 0 saturated carbocycles. The van der Waals surface area contributed by atoms with Crippen molar-refractivity contribution in [3.8, 4) is 0 Å². The highest BCUT2D eigenvalue weighted by molar-refractivity contribution is 6.62. The summed E-state index contributed by atoms with van der Waals surface area (Å²) in [7, 11) is -0.513. The van der Waals surface area contributed by atoms with Crippen molar-refractivity contribution in [2.45, 2.75) is 73.0 Å². The van der Waals surface area contributed by atoms with Crippen molar-refractivity contribution in [3.05, 3.63) is 17.8 Å². The van der Waals surface area contributed by atoms with Gasteiger partial charge < -0.3 is 9.31 Å². The SMILES string of the molecule is CCc1ccn(C(=O)C(C)(C)C)c1B1OC(C)(C)C(C)(C)O1. The van der Waals surface area contributed by atoms with E-state index in [4.69, 9.17) is 9.31 Å². The first-order valence-corrected chi connectivity index (χ1v) is 8.01. The van der Waals surface area contributed by atoms with E-state index in [1.165, 1.54) is 0 Å². The molecule has 0 aliphatic carbocycles. The fourth-order valence-electron chi connectivity index (χ4n) is 2.54. The summed E-state index contributed by atoms with van der Waals surface area (Å²) in [5, 5.41) is 0. The van der Waals surface area contributed by atoms with Crippen LogP contribution in [0.3, 0.4) is 0 Å². The van der Waals surface area contributed by atoms with Crippen LogP contribution in [0, 0.1) is 5.41 Å². The lowest BCUT2D eigenvalue weighted by Gasteiger charge is -2.32. The molecular formula is C17H28BNO3. The van der Waals surface area contributed by atoms with E-state index in [1.807, 2.05) is 60.7 Å². The Hall–Kier alpha value is -1.07. The minimum atomic E-state index is -0.513. The van der Waals surface area contributed by atoms with E-state index in [-0.39, 0.29) is 5.91 Å². The van der Waals surface area contributed by atoms with Gasteiger partial charge in [0.15, 0.2) is 0 Å². The summed E-state index contributed by atoms with van der Waals surface area (Å²) >= 11 is 0. The number of hydrogen-bond acceptors (Lipinski definition) is 3. The summed E-state index contributed by atoms with van der Waals surface area (Å²) in [6.07, 6.45) is 2.68. The van der Waals surface area contributed by atoms with Gasteiger partial charge in [-0.05, 0) is 45.7 Å². The summed E-state index contributed by atoms with van der Waals surface area (Å²) in [5.74, 6) is 0.0527. The van der Waals surface area contributed by atoms with Gasteiger partial charge in [-0.25, -0.2) is 0 Å². The fourth-order valence-corrected chi connectivity index (χ4v) is 2.54. The minimum absolute atomic E-state index is 0.0527. The number of carbonyl (C=O) groups is 1. The van der Waals surface area contributed by atoms with Gasteiger partial charge in [0.2, 0.25) is 5.91 Å². The molecule has 1 aliphatic rings. The molecule has 2 rings (SSSR count). The number of hydrogen-bond donors (Lipinski definition) is 0. The molecule has 5 heteroatoms. The van der Waals surface area contributed by atoms with Crippen LogP contribution in [0.25, 0.3) is 0 Å². The van der Waals surface area contributed by atoms with E-state index in [0.717, 1.165) is 17.6 Å². The molecule has 1 fully saturated rings. The molecule has 0 bridgehead atoms. The Bertz CT molecular complexity index is 565. The summed E-state index contributed by atoms with van der Waals surface area (Å²) in [5.41, 5.74) is 0.644. The molecule has 0 amide bonds. The zero-order valence-corrected chi connectivity index (χ0v) is 15.1. The molecule has 4 nitrogen and oxygen atoms in total. The first-order chi connectivity index (χ1) is 9.90. The summed E-state index contributed by atoms with van der Waals surface area (Å²) in [6, 6.07) is 1.99. The maximum absolute atomic E-state index is 12.7. The van der Waals surface area contributed by atoms with Gasteiger partial charge in [0.1, 0.15) is 0 Å². The maximum Gasteiger partial charge on any atom is 0.513 e. The number of aryl methyl sites for hydroxylation is 1. The van der Waals surface area contributed by atoms with Crippen molar-refractivity contribution >= 4 is 18.6 Å². The Kier molecular flexibility index (Phi) is 4.12. The van der Waals surface area contributed by atoms with Gasteiger partial charge >= 0.3 is 7.12 Å². The van der Waals surface area contributed by atoms with Crippen LogP contribution in [-0.2, 0) is 15.7 Å². The van der Waals surface area contributed by atoms with Crippen molar-refractivity contribution in [2.75, 3.05) is 0 Å². The van der Waals surface area contributed by atoms with Crippen LogP contribution in [0.5, 0.6) is 0 Å². The van der Waals surface area contributed by atoms with E-state index in [9.17, 15) is 4.79 Å². The monoisotopic (exact) mass is 305 g/mol. The third-order valence-electron chi connectivity index (χ3n) is 4.73. The normalized spacial score (nSPS) is 20.5. The van der Waals surface area contributed by atoms with Crippen LogP contribution in [0.15, 0.2) is 12.3 Å². The molecule has 1 aromatic rings. The molecule has 22 heavy (non-hydrogen) atoms. The molecule has 0 N–H and O–H groups in total. The zero-order valence-electron chi connectivity index (χ0n) is 15.1. The lowest BCUT2D eigenvalue weighted by Crippen LogP contribution is -2.45. The Morgan fingerprint density at radius 1 is 1.18 bits per heavy atom. The highest BCUT2D eigenvalue weighted by atomic mass is 16.7. The first kappa shape index (κ1) is 17.3. The number of carbonyl (C=O) groups excluding carboxylic acids is 1. The van der Waals surface area contributed by atoms with Crippen LogP contribution in [0.1, 0.15) is 65.7 Å². The van der Waals surface area contributed by atoms with Gasteiger partial charge in [0.25, 0.3) is 0 Å². The van der Waals surface area contributed by atoms with Gasteiger partial charge in [-0.1, -0.05) is 27.7 Å². The predicted octanol–water partition coefficient (Wildman–Crippen LogP) is 3.04. The standard InChI is InChI=1S/C17H28BNO3/c1-9-12-10-11-19(14(20)15(2,3)4)13(12)18-21-16(5,6)17(7,8)22-18/h10-11H,9H2,1-8H3. The van der Waals surface area contributed by atoms with Crippen LogP contribution >= 0.6 is 0 Å². The Morgan fingerprint density at radius 2 is 1.68 bits per heavy atom. The molecule has 1 aromatic heterocycles. The second kappa shape index (κ2) is 5.24. The van der Waals surface area contributed by atoms with Gasteiger partial charge in [-0.3, -0.25) is 9.36 Å². The average molecular weight is 305 g/mol. The summed E-state index contributed by atoms with van der Waals surface area (Å²) < 4.78 is 14.0. The van der Waals surface area contributed by atoms with Crippen molar-refractivity contribution in [3.63, 3.8) is 0 Å². The van der Waals surface area contributed by atoms with E-state index in [0.29, 0.717) is 0 Å². The Morgan fingerprint density at radius 3 is 2.09 bits per heavy atom. The van der Waals surface area contributed by atoms with Crippen molar-refractivity contribution in [2.24, 2.45) is 5.41 Å². The average Bonchev–Trinajstić information content (AvgIpc) is 2.86.